The Hall–Kier alpha value is -4.24. The lowest BCUT2D eigenvalue weighted by Gasteiger charge is -2.45. The summed E-state index contributed by atoms with van der Waals surface area (Å²) in [6, 6.07) is 25.0. The monoisotopic (exact) mass is 504 g/mol. The van der Waals surface area contributed by atoms with Crippen LogP contribution in [-0.4, -0.2) is 6.71 Å². The number of fused-ring (bicyclic) bond motifs is 4. The van der Waals surface area contributed by atoms with Crippen LogP contribution in [0.25, 0.3) is 0 Å². The summed E-state index contributed by atoms with van der Waals surface area (Å²) in [4.78, 5) is 5.07. The molecule has 0 spiro atoms. The van der Waals surface area contributed by atoms with Gasteiger partial charge in [-0.25, -0.2) is 0 Å². The van der Waals surface area contributed by atoms with Gasteiger partial charge >= 0.3 is 0 Å². The van der Waals surface area contributed by atoms with E-state index >= 15 is 0 Å². The van der Waals surface area contributed by atoms with Crippen molar-refractivity contribution in [2.45, 2.75) is 39.5 Å². The third-order valence-electron chi connectivity index (χ3n) is 8.52. The molecule has 0 saturated carbocycles. The van der Waals surface area contributed by atoms with Crippen LogP contribution in [0.5, 0.6) is 0 Å². The van der Waals surface area contributed by atoms with Crippen molar-refractivity contribution in [3.8, 4) is 0 Å². The van der Waals surface area contributed by atoms with Gasteiger partial charge in [-0.2, -0.15) is 0 Å². The van der Waals surface area contributed by atoms with Crippen LogP contribution in [0, 0.1) is 0 Å². The standard InChI is InChI=1S/C36H33BN2/c1-26-14-7-8-16-28(25-24-26)38-32-20-11-9-17-29(32)37-30-18-10-12-21-33(30)39(35-23-13-22-34(38)36(35)37)31-19-6-4-3-5-15-27(31)2/h3-4,6-14,16-23H,5,15,24-25H2,1-2H3/b4-3+,8-7-,19-6-,26-14+,28-16+,31-27-. The molecular formula is C36H33BN2. The number of hydrogen-bond acceptors (Lipinski definition) is 2. The van der Waals surface area contributed by atoms with E-state index in [0.29, 0.717) is 0 Å². The van der Waals surface area contributed by atoms with Gasteiger partial charge in [0.05, 0.1) is 0 Å². The average molecular weight is 504 g/mol. The molecule has 2 aliphatic carbocycles. The van der Waals surface area contributed by atoms with Crippen LogP contribution in [0.3, 0.4) is 0 Å². The van der Waals surface area contributed by atoms with Crippen molar-refractivity contribution >= 4 is 45.9 Å². The quantitative estimate of drug-likeness (QED) is 0.334. The number of hydrogen-bond donors (Lipinski definition) is 0. The summed E-state index contributed by atoms with van der Waals surface area (Å²) < 4.78 is 0. The lowest BCUT2D eigenvalue weighted by Crippen LogP contribution is -2.62. The minimum Gasteiger partial charge on any atom is -0.315 e. The van der Waals surface area contributed by atoms with Crippen LogP contribution < -0.4 is 26.2 Å². The van der Waals surface area contributed by atoms with Crippen LogP contribution in [0.1, 0.15) is 39.5 Å². The number of allylic oxidation sites excluding steroid dienone is 11. The van der Waals surface area contributed by atoms with Crippen molar-refractivity contribution in [1.82, 2.24) is 0 Å². The Morgan fingerprint density at radius 1 is 0.615 bits per heavy atom. The Balaban J connectivity index is 1.50. The SMILES string of the molecule is C\C1=C(N2c3ccccc3B3c4ccccc4N(/C4=C/C=C\C=C(/C)CC4)c4cccc2c43)/C=C\C=C\CC1. The molecule has 0 radical (unpaired) electrons. The Labute approximate surface area is 232 Å². The summed E-state index contributed by atoms with van der Waals surface area (Å²) in [7, 11) is 0. The molecule has 0 atom stereocenters. The molecule has 39 heavy (non-hydrogen) atoms. The molecule has 4 aliphatic rings. The first-order valence-corrected chi connectivity index (χ1v) is 14.2. The Morgan fingerprint density at radius 2 is 1.28 bits per heavy atom. The van der Waals surface area contributed by atoms with Gasteiger partial charge in [-0.15, -0.1) is 0 Å². The van der Waals surface area contributed by atoms with Gasteiger partial charge < -0.3 is 9.80 Å². The van der Waals surface area contributed by atoms with Crippen molar-refractivity contribution in [2.75, 3.05) is 9.80 Å². The van der Waals surface area contributed by atoms with Crippen molar-refractivity contribution < 1.29 is 0 Å². The lowest BCUT2D eigenvalue weighted by molar-refractivity contribution is 0.890. The molecular weight excluding hydrogens is 471 g/mol. The fraction of sp³-hybridized carbons (Fsp3) is 0.167. The molecule has 0 amide bonds. The molecule has 190 valence electrons. The van der Waals surface area contributed by atoms with Gasteiger partial charge in [0.25, 0.3) is 6.71 Å². The average Bonchev–Trinajstić information content (AvgIpc) is 2.94. The van der Waals surface area contributed by atoms with Crippen molar-refractivity contribution in [1.29, 1.82) is 0 Å². The molecule has 3 heteroatoms. The Bertz CT molecular complexity index is 1650. The molecule has 0 aromatic heterocycles. The maximum Gasteiger partial charge on any atom is 0.252 e. The Kier molecular flexibility index (Phi) is 6.00. The van der Waals surface area contributed by atoms with Gasteiger partial charge in [0.2, 0.25) is 0 Å². The van der Waals surface area contributed by atoms with E-state index in [1.54, 1.807) is 0 Å². The van der Waals surface area contributed by atoms with E-state index in [9.17, 15) is 0 Å². The first-order chi connectivity index (χ1) is 19.2. The van der Waals surface area contributed by atoms with E-state index in [2.05, 4.69) is 139 Å². The maximum atomic E-state index is 2.54. The normalized spacial score (nSPS) is 24.8. The second kappa shape index (κ2) is 9.82. The number of anilines is 4. The van der Waals surface area contributed by atoms with Gasteiger partial charge in [-0.05, 0) is 97.9 Å². The lowest BCUT2D eigenvalue weighted by atomic mass is 9.33. The van der Waals surface area contributed by atoms with Gasteiger partial charge in [0.15, 0.2) is 0 Å². The minimum absolute atomic E-state index is 0.195. The van der Waals surface area contributed by atoms with Gasteiger partial charge in [0.1, 0.15) is 0 Å². The first kappa shape index (κ1) is 23.9. The third kappa shape index (κ3) is 3.96. The fourth-order valence-corrected chi connectivity index (χ4v) is 6.63. The predicted molar refractivity (Wildman–Crippen MR) is 169 cm³/mol. The topological polar surface area (TPSA) is 6.48 Å². The molecule has 0 unspecified atom stereocenters. The van der Waals surface area contributed by atoms with Crippen LogP contribution in [0.2, 0.25) is 0 Å². The second-order valence-electron chi connectivity index (χ2n) is 11.0. The molecule has 0 bridgehead atoms. The number of rotatable bonds is 2. The zero-order valence-corrected chi connectivity index (χ0v) is 22.8. The molecule has 7 rings (SSSR count). The summed E-state index contributed by atoms with van der Waals surface area (Å²) in [5.41, 5.74) is 14.8. The van der Waals surface area contributed by atoms with Crippen LogP contribution >= 0.6 is 0 Å². The fourth-order valence-electron chi connectivity index (χ4n) is 6.63. The number of para-hydroxylation sites is 2. The van der Waals surface area contributed by atoms with Crippen LogP contribution in [-0.2, 0) is 0 Å². The molecule has 0 saturated heterocycles. The maximum absolute atomic E-state index is 2.54. The third-order valence-corrected chi connectivity index (χ3v) is 8.52. The van der Waals surface area contributed by atoms with Crippen molar-refractivity contribution in [3.63, 3.8) is 0 Å². The van der Waals surface area contributed by atoms with Gasteiger partial charge in [-0.1, -0.05) is 84.5 Å². The number of benzene rings is 3. The molecule has 0 N–H and O–H groups in total. The molecule has 2 nitrogen and oxygen atoms in total. The zero-order valence-electron chi connectivity index (χ0n) is 22.8. The van der Waals surface area contributed by atoms with E-state index < -0.39 is 0 Å². The molecule has 2 aliphatic heterocycles. The van der Waals surface area contributed by atoms with Gasteiger partial charge in [0, 0.05) is 34.1 Å². The van der Waals surface area contributed by atoms with Crippen LogP contribution in [0.4, 0.5) is 22.7 Å². The molecule has 3 aromatic carbocycles. The largest absolute Gasteiger partial charge is 0.315 e. The number of nitrogens with zero attached hydrogens (tertiary/aromatic N) is 2. The van der Waals surface area contributed by atoms with Crippen molar-refractivity contribution in [2.24, 2.45) is 0 Å². The van der Waals surface area contributed by atoms with E-state index in [1.165, 1.54) is 61.7 Å². The highest BCUT2D eigenvalue weighted by atomic mass is 15.2. The van der Waals surface area contributed by atoms with Crippen LogP contribution in [0.15, 0.2) is 138 Å². The summed E-state index contributed by atoms with van der Waals surface area (Å²) in [6.45, 7) is 4.73. The minimum atomic E-state index is 0.195. The highest BCUT2D eigenvalue weighted by molar-refractivity contribution is 7.00. The van der Waals surface area contributed by atoms with E-state index in [0.717, 1.165) is 25.7 Å². The predicted octanol–water partition coefficient (Wildman–Crippen LogP) is 7.47. The smallest absolute Gasteiger partial charge is 0.252 e. The van der Waals surface area contributed by atoms with E-state index in [-0.39, 0.29) is 6.71 Å². The molecule has 0 fully saturated rings. The summed E-state index contributed by atoms with van der Waals surface area (Å²) in [6.07, 6.45) is 22.1. The summed E-state index contributed by atoms with van der Waals surface area (Å²) >= 11 is 0. The first-order valence-electron chi connectivity index (χ1n) is 14.2. The van der Waals surface area contributed by atoms with E-state index in [4.69, 9.17) is 0 Å². The highest BCUT2D eigenvalue weighted by Gasteiger charge is 2.43. The summed E-state index contributed by atoms with van der Waals surface area (Å²) in [5.74, 6) is 0. The van der Waals surface area contributed by atoms with Gasteiger partial charge in [-0.3, -0.25) is 0 Å². The van der Waals surface area contributed by atoms with E-state index in [1.807, 2.05) is 0 Å². The summed E-state index contributed by atoms with van der Waals surface area (Å²) in [5, 5.41) is 0. The molecule has 2 heterocycles. The van der Waals surface area contributed by atoms with Crippen molar-refractivity contribution in [3.05, 3.63) is 138 Å². The highest BCUT2D eigenvalue weighted by Crippen LogP contribution is 2.42. The molecule has 3 aromatic rings. The second-order valence-corrected chi connectivity index (χ2v) is 11.0. The Morgan fingerprint density at radius 3 is 2.08 bits per heavy atom. The zero-order chi connectivity index (χ0) is 26.3.